The summed E-state index contributed by atoms with van der Waals surface area (Å²) in [6, 6.07) is 0. The van der Waals surface area contributed by atoms with E-state index in [2.05, 4.69) is 6.92 Å². The highest BCUT2D eigenvalue weighted by Crippen LogP contribution is 2.56. The van der Waals surface area contributed by atoms with Crippen LogP contribution in [0.5, 0.6) is 0 Å². The van der Waals surface area contributed by atoms with Gasteiger partial charge in [-0.3, -0.25) is 0 Å². The molecule has 2 aliphatic rings. The molecule has 2 atom stereocenters. The number of hydrogen-bond acceptors (Lipinski definition) is 1. The Labute approximate surface area is 43.7 Å². The fourth-order valence-electron chi connectivity index (χ4n) is 1.38. The summed E-state index contributed by atoms with van der Waals surface area (Å²) in [6.07, 6.45) is 1.42. The topological polar surface area (TPSA) is 9.23 Å². The van der Waals surface area contributed by atoms with E-state index in [0.717, 1.165) is 19.1 Å². The molecule has 0 aromatic rings. The molecule has 40 valence electrons. The van der Waals surface area contributed by atoms with Crippen molar-refractivity contribution in [2.24, 2.45) is 11.3 Å². The van der Waals surface area contributed by atoms with E-state index in [0.29, 0.717) is 5.41 Å². The van der Waals surface area contributed by atoms with Crippen molar-refractivity contribution in [2.75, 3.05) is 13.2 Å². The van der Waals surface area contributed by atoms with Gasteiger partial charge in [-0.25, -0.2) is 0 Å². The molecule has 1 saturated carbocycles. The lowest BCUT2D eigenvalue weighted by atomic mass is 10.1. The molecule has 1 saturated heterocycles. The third-order valence-corrected chi connectivity index (χ3v) is 2.29. The fraction of sp³-hybridized carbons (Fsp3) is 1.00. The molecule has 1 nitrogen and oxygen atoms in total. The average Bonchev–Trinajstić information content (AvgIpc) is 2.09. The summed E-state index contributed by atoms with van der Waals surface area (Å²) >= 11 is 0. The van der Waals surface area contributed by atoms with Gasteiger partial charge >= 0.3 is 0 Å². The van der Waals surface area contributed by atoms with Crippen LogP contribution in [0, 0.1) is 11.3 Å². The Balaban J connectivity index is 2.17. The largest absolute Gasteiger partial charge is 0.381 e. The van der Waals surface area contributed by atoms with Crippen molar-refractivity contribution in [3.8, 4) is 0 Å². The maximum absolute atomic E-state index is 5.21. The van der Waals surface area contributed by atoms with Gasteiger partial charge in [0.2, 0.25) is 0 Å². The fourth-order valence-corrected chi connectivity index (χ4v) is 1.38. The summed E-state index contributed by atoms with van der Waals surface area (Å²) in [5.41, 5.74) is 0.639. The molecule has 0 spiro atoms. The first-order valence-electron chi connectivity index (χ1n) is 2.89. The molecule has 0 aromatic carbocycles. The van der Waals surface area contributed by atoms with Crippen LogP contribution in [-0.4, -0.2) is 13.2 Å². The van der Waals surface area contributed by atoms with E-state index in [1.807, 2.05) is 0 Å². The van der Waals surface area contributed by atoms with Gasteiger partial charge in [0.25, 0.3) is 0 Å². The van der Waals surface area contributed by atoms with E-state index in [-0.39, 0.29) is 0 Å². The molecule has 7 heavy (non-hydrogen) atoms. The molecule has 1 heteroatoms. The summed E-state index contributed by atoms with van der Waals surface area (Å²) < 4.78 is 5.21. The zero-order chi connectivity index (χ0) is 4.91. The second kappa shape index (κ2) is 0.873. The summed E-state index contributed by atoms with van der Waals surface area (Å²) in [6.45, 7) is 4.37. The van der Waals surface area contributed by atoms with Crippen molar-refractivity contribution in [1.82, 2.24) is 0 Å². The molecule has 2 fully saturated rings. The van der Waals surface area contributed by atoms with Gasteiger partial charge in [-0.15, -0.1) is 0 Å². The summed E-state index contributed by atoms with van der Waals surface area (Å²) in [4.78, 5) is 0. The third-order valence-electron chi connectivity index (χ3n) is 2.29. The van der Waals surface area contributed by atoms with Gasteiger partial charge in [0.15, 0.2) is 0 Å². The Morgan fingerprint density at radius 1 is 1.71 bits per heavy atom. The van der Waals surface area contributed by atoms with Crippen molar-refractivity contribution in [3.63, 3.8) is 0 Å². The van der Waals surface area contributed by atoms with Gasteiger partial charge in [0.1, 0.15) is 0 Å². The predicted molar refractivity (Wildman–Crippen MR) is 27.0 cm³/mol. The standard InChI is InChI=1S/C6H10O/c1-6-2-5(6)3-7-4-6/h5H,2-4H2,1H3/t5-,6+/m1/s1. The normalized spacial score (nSPS) is 57.0. The SMILES string of the molecule is C[C@]12COC[C@H]1C2. The molecule has 2 rings (SSSR count). The maximum atomic E-state index is 5.21. The Bertz CT molecular complexity index is 98.4. The Morgan fingerprint density at radius 2 is 2.57 bits per heavy atom. The number of ether oxygens (including phenoxy) is 1. The molecule has 0 radical (unpaired) electrons. The second-order valence-corrected chi connectivity index (χ2v) is 3.07. The minimum atomic E-state index is 0.639. The van der Waals surface area contributed by atoms with Crippen LogP contribution in [0.15, 0.2) is 0 Å². The van der Waals surface area contributed by atoms with Crippen molar-refractivity contribution in [3.05, 3.63) is 0 Å². The zero-order valence-electron chi connectivity index (χ0n) is 4.61. The van der Waals surface area contributed by atoms with Gasteiger partial charge in [-0.2, -0.15) is 0 Å². The lowest BCUT2D eigenvalue weighted by Gasteiger charge is -1.96. The molecule has 0 aromatic heterocycles. The highest BCUT2D eigenvalue weighted by Gasteiger charge is 2.54. The molecule has 0 N–H and O–H groups in total. The van der Waals surface area contributed by atoms with Crippen molar-refractivity contribution in [2.45, 2.75) is 13.3 Å². The smallest absolute Gasteiger partial charge is 0.0523 e. The minimum Gasteiger partial charge on any atom is -0.381 e. The molecule has 1 aliphatic heterocycles. The van der Waals surface area contributed by atoms with Crippen LogP contribution in [0.2, 0.25) is 0 Å². The van der Waals surface area contributed by atoms with Crippen LogP contribution in [0.1, 0.15) is 13.3 Å². The Kier molecular flexibility index (Phi) is 0.487. The quantitative estimate of drug-likeness (QED) is 0.440. The highest BCUT2D eigenvalue weighted by atomic mass is 16.5. The van der Waals surface area contributed by atoms with Gasteiger partial charge in [-0.05, 0) is 17.8 Å². The van der Waals surface area contributed by atoms with Crippen LogP contribution in [0.25, 0.3) is 0 Å². The van der Waals surface area contributed by atoms with Gasteiger partial charge in [0.05, 0.1) is 13.2 Å². The van der Waals surface area contributed by atoms with Crippen LogP contribution in [0.3, 0.4) is 0 Å². The van der Waals surface area contributed by atoms with Gasteiger partial charge in [0, 0.05) is 0 Å². The number of fused-ring (bicyclic) bond motifs is 1. The average molecular weight is 98.1 g/mol. The van der Waals surface area contributed by atoms with Gasteiger partial charge in [-0.1, -0.05) is 6.92 Å². The third kappa shape index (κ3) is 0.367. The van der Waals surface area contributed by atoms with E-state index in [9.17, 15) is 0 Å². The predicted octanol–water partition coefficient (Wildman–Crippen LogP) is 1.04. The lowest BCUT2D eigenvalue weighted by molar-refractivity contribution is 0.151. The van der Waals surface area contributed by atoms with Crippen LogP contribution in [0.4, 0.5) is 0 Å². The molecule has 1 heterocycles. The summed E-state index contributed by atoms with van der Waals surface area (Å²) in [5.74, 6) is 0.937. The summed E-state index contributed by atoms with van der Waals surface area (Å²) in [7, 11) is 0. The van der Waals surface area contributed by atoms with Crippen LogP contribution in [-0.2, 0) is 4.74 Å². The molecule has 0 amide bonds. The second-order valence-electron chi connectivity index (χ2n) is 3.07. The Morgan fingerprint density at radius 3 is 2.71 bits per heavy atom. The lowest BCUT2D eigenvalue weighted by Crippen LogP contribution is -1.96. The maximum Gasteiger partial charge on any atom is 0.0523 e. The molecule has 0 unspecified atom stereocenters. The van der Waals surface area contributed by atoms with E-state index in [1.54, 1.807) is 0 Å². The summed E-state index contributed by atoms with van der Waals surface area (Å²) in [5, 5.41) is 0. The first kappa shape index (κ1) is 3.90. The van der Waals surface area contributed by atoms with Crippen molar-refractivity contribution >= 4 is 0 Å². The first-order valence-corrected chi connectivity index (χ1v) is 2.89. The van der Waals surface area contributed by atoms with E-state index < -0.39 is 0 Å². The Hall–Kier alpha value is -0.0400. The van der Waals surface area contributed by atoms with E-state index in [1.165, 1.54) is 6.42 Å². The molecule has 0 bridgehead atoms. The highest BCUT2D eigenvalue weighted by molar-refractivity contribution is 5.02. The minimum absolute atomic E-state index is 0.639. The first-order chi connectivity index (χ1) is 3.31. The zero-order valence-corrected chi connectivity index (χ0v) is 4.61. The van der Waals surface area contributed by atoms with Crippen LogP contribution >= 0.6 is 0 Å². The van der Waals surface area contributed by atoms with Crippen LogP contribution < -0.4 is 0 Å². The molecular weight excluding hydrogens is 88.1 g/mol. The van der Waals surface area contributed by atoms with E-state index >= 15 is 0 Å². The number of hydrogen-bond donors (Lipinski definition) is 0. The molecule has 1 aliphatic carbocycles. The van der Waals surface area contributed by atoms with Crippen molar-refractivity contribution < 1.29 is 4.74 Å². The monoisotopic (exact) mass is 98.1 g/mol. The van der Waals surface area contributed by atoms with Gasteiger partial charge < -0.3 is 4.74 Å². The van der Waals surface area contributed by atoms with E-state index in [4.69, 9.17) is 4.74 Å². The number of rotatable bonds is 0. The van der Waals surface area contributed by atoms with Crippen molar-refractivity contribution in [1.29, 1.82) is 0 Å². The molecular formula is C6H10O.